The lowest BCUT2D eigenvalue weighted by Gasteiger charge is -2.33. The van der Waals surface area contributed by atoms with E-state index < -0.39 is 0 Å². The van der Waals surface area contributed by atoms with E-state index in [1.165, 1.54) is 11.1 Å². The van der Waals surface area contributed by atoms with E-state index in [0.29, 0.717) is 34.9 Å². The lowest BCUT2D eigenvalue weighted by Crippen LogP contribution is -2.42. The van der Waals surface area contributed by atoms with E-state index in [2.05, 4.69) is 254 Å². The molecule has 4 atom stereocenters. The van der Waals surface area contributed by atoms with Crippen molar-refractivity contribution in [2.75, 3.05) is 53.3 Å². The molecule has 21 heteroatoms. The second-order valence-electron chi connectivity index (χ2n) is 27.7. The maximum Gasteiger partial charge on any atom is 0.227 e. The van der Waals surface area contributed by atoms with E-state index in [1.54, 1.807) is 37.2 Å². The van der Waals surface area contributed by atoms with Gasteiger partial charge in [-0.2, -0.15) is 0 Å². The monoisotopic (exact) mass is 1380 g/mol. The number of aromatic nitrogens is 9. The van der Waals surface area contributed by atoms with Crippen molar-refractivity contribution < 1.29 is 17.7 Å². The van der Waals surface area contributed by atoms with Crippen LogP contribution < -0.4 is 39.2 Å². The van der Waals surface area contributed by atoms with Crippen LogP contribution in [0.15, 0.2) is 207 Å². The summed E-state index contributed by atoms with van der Waals surface area (Å²) < 4.78 is 24.8. The number of rotatable bonds is 6. The number of hydrogen-bond donors (Lipinski definition) is 0. The topological polar surface area (TPSA) is 194 Å². The van der Waals surface area contributed by atoms with Crippen LogP contribution in [0.4, 0.5) is 68.9 Å². The van der Waals surface area contributed by atoms with Gasteiger partial charge in [0.2, 0.25) is 22.9 Å². The summed E-state index contributed by atoms with van der Waals surface area (Å²) in [7, 11) is 4.11. The molecule has 21 nitrogen and oxygen atoms in total. The Bertz CT molecular complexity index is 5660. The number of pyridine rings is 7. The Kier molecular flexibility index (Phi) is 15.8. The maximum atomic E-state index is 6.24. The number of fused-ring (bicyclic) bond motifs is 16. The molecule has 104 heavy (non-hydrogen) atoms. The molecule has 0 N–H and O–H groups in total. The van der Waals surface area contributed by atoms with Crippen molar-refractivity contribution >= 4 is 157 Å². The van der Waals surface area contributed by atoms with Crippen molar-refractivity contribution in [3.63, 3.8) is 0 Å². The van der Waals surface area contributed by atoms with Gasteiger partial charge in [0.15, 0.2) is 51.4 Å². The van der Waals surface area contributed by atoms with Gasteiger partial charge >= 0.3 is 0 Å². The van der Waals surface area contributed by atoms with Crippen molar-refractivity contribution in [3.05, 3.63) is 211 Å². The zero-order valence-electron chi connectivity index (χ0n) is 60.6. The SMILES string of the molecule is Cc1ccc2c(oc3ncccc32)c1N1c2cccnc2N(C(C)C)C1C.Cc1ccc2c(oc3ncccc32)c1N1c2cccnc2N(C)C1C.Cc1ccc2c(oc3ncccc32)c1N1c2ncccc2N(C(C)C)C1C.Cc1ccc2c(oc3ncccc32)c1N1c2nccnc2N(C)C1C. The predicted octanol–water partition coefficient (Wildman–Crippen LogP) is 19.4. The molecule has 4 aliphatic heterocycles. The Hall–Kier alpha value is -12.4. The van der Waals surface area contributed by atoms with E-state index in [4.69, 9.17) is 22.7 Å². The molecular weight excluding hydrogens is 1300 g/mol. The molecule has 0 amide bonds. The number of anilines is 12. The van der Waals surface area contributed by atoms with E-state index in [1.807, 2.05) is 74.2 Å². The minimum Gasteiger partial charge on any atom is -0.435 e. The minimum absolute atomic E-state index is 0.0860. The van der Waals surface area contributed by atoms with E-state index in [9.17, 15) is 0 Å². The summed E-state index contributed by atoms with van der Waals surface area (Å²) in [6, 6.07) is 46.2. The van der Waals surface area contributed by atoms with Crippen molar-refractivity contribution in [1.82, 2.24) is 44.9 Å². The van der Waals surface area contributed by atoms with Gasteiger partial charge in [-0.1, -0.05) is 48.5 Å². The number of aryl methyl sites for hydroxylation is 4. The van der Waals surface area contributed by atoms with Crippen molar-refractivity contribution in [1.29, 1.82) is 0 Å². The predicted molar refractivity (Wildman–Crippen MR) is 418 cm³/mol. The fourth-order valence-electron chi connectivity index (χ4n) is 16.0. The highest BCUT2D eigenvalue weighted by Crippen LogP contribution is 2.52. The molecule has 16 aromatic rings. The third kappa shape index (κ3) is 10.1. The number of benzene rings is 4. The molecule has 520 valence electrons. The van der Waals surface area contributed by atoms with Gasteiger partial charge in [-0.3, -0.25) is 4.90 Å². The summed E-state index contributed by atoms with van der Waals surface area (Å²) >= 11 is 0. The number of furan rings is 4. The van der Waals surface area contributed by atoms with Crippen molar-refractivity contribution in [3.8, 4) is 0 Å². The smallest absolute Gasteiger partial charge is 0.227 e. The summed E-state index contributed by atoms with van der Waals surface area (Å²) in [5.74, 6) is 4.70. The van der Waals surface area contributed by atoms with Crippen LogP contribution in [0.5, 0.6) is 0 Å². The van der Waals surface area contributed by atoms with Crippen LogP contribution in [0.3, 0.4) is 0 Å². The molecule has 0 saturated carbocycles. The van der Waals surface area contributed by atoms with E-state index in [0.717, 1.165) is 145 Å². The highest BCUT2D eigenvalue weighted by molar-refractivity contribution is 6.13. The molecule has 4 unspecified atom stereocenters. The second-order valence-corrected chi connectivity index (χ2v) is 27.7. The standard InChI is InChI=1S/2C22H22N4O.C20H18N4O.C19H17N5O/c1-13(2)25-15(4)26(18-8-6-11-23-21(18)25)19-14(3)9-10-16-17-7-5-12-24-22(17)27-20(16)19;1-13(2)25-15(4)26(21-18(25)8-6-11-23-21)19-14(3)9-10-16-17-7-5-12-24-22(17)27-20(16)19;1-12-8-9-14-15-6-4-11-22-20(15)25-18(14)17(12)24-13(2)23(3)19-16(24)7-5-10-21-19;1-11-6-7-13-14-5-4-8-22-19(14)25-16(13)15(11)24-12(2)23(3)17-18(24)21-10-9-20-17/h2*5-13,15H,1-4H3;4-11,13H,1-3H3;4-10,12H,1-3H3. The molecule has 16 heterocycles. The van der Waals surface area contributed by atoms with Gasteiger partial charge in [-0.25, -0.2) is 44.9 Å². The highest BCUT2D eigenvalue weighted by Gasteiger charge is 2.42. The van der Waals surface area contributed by atoms with Crippen LogP contribution in [-0.4, -0.2) is 95.7 Å². The summed E-state index contributed by atoms with van der Waals surface area (Å²) in [4.78, 5) is 58.9. The third-order valence-electron chi connectivity index (χ3n) is 21.0. The summed E-state index contributed by atoms with van der Waals surface area (Å²) in [5, 5.41) is 8.51. The van der Waals surface area contributed by atoms with E-state index >= 15 is 0 Å². The average molecular weight is 1380 g/mol. The number of hydrogen-bond acceptors (Lipinski definition) is 21. The lowest BCUT2D eigenvalue weighted by molar-refractivity contribution is 0.597. The summed E-state index contributed by atoms with van der Waals surface area (Å²) in [5.41, 5.74) is 18.4. The van der Waals surface area contributed by atoms with Crippen LogP contribution in [0.2, 0.25) is 0 Å². The van der Waals surface area contributed by atoms with Gasteiger partial charge in [-0.05, 0) is 190 Å². The maximum absolute atomic E-state index is 6.24. The first kappa shape index (κ1) is 65.0. The first-order chi connectivity index (χ1) is 50.5. The fraction of sp³-hybridized carbons (Fsp3) is 0.241. The Morgan fingerprint density at radius 3 is 1.00 bits per heavy atom. The Morgan fingerprint density at radius 1 is 0.279 bits per heavy atom. The largest absolute Gasteiger partial charge is 0.435 e. The molecule has 0 bridgehead atoms. The Balaban J connectivity index is 0.000000103. The first-order valence-electron chi connectivity index (χ1n) is 35.4. The van der Waals surface area contributed by atoms with Gasteiger partial charge in [0.05, 0.1) is 39.8 Å². The lowest BCUT2D eigenvalue weighted by atomic mass is 10.1. The third-order valence-corrected chi connectivity index (χ3v) is 21.0. The van der Waals surface area contributed by atoms with Crippen LogP contribution in [0.1, 0.15) is 77.6 Å². The Labute approximate surface area is 601 Å². The molecule has 0 aliphatic carbocycles. The van der Waals surface area contributed by atoms with Gasteiger partial charge in [0.25, 0.3) is 0 Å². The molecule has 12 aromatic heterocycles. The fourth-order valence-corrected chi connectivity index (χ4v) is 16.0. The van der Waals surface area contributed by atoms with Crippen LogP contribution in [0, 0.1) is 27.7 Å². The minimum atomic E-state index is 0.0860. The molecule has 20 rings (SSSR count). The molecular formula is C83H79N17O4. The summed E-state index contributed by atoms with van der Waals surface area (Å²) in [6.45, 7) is 26.1. The number of nitrogens with zero attached hydrogens (tertiary/aromatic N) is 17. The van der Waals surface area contributed by atoms with Gasteiger partial charge in [-0.15, -0.1) is 0 Å². The van der Waals surface area contributed by atoms with Crippen molar-refractivity contribution in [2.45, 2.75) is 120 Å². The summed E-state index contributed by atoms with van der Waals surface area (Å²) in [6.07, 6.45) is 16.6. The molecule has 0 fully saturated rings. The quantitative estimate of drug-likeness (QED) is 0.152. The molecule has 0 spiro atoms. The van der Waals surface area contributed by atoms with E-state index in [-0.39, 0.29) is 24.7 Å². The van der Waals surface area contributed by atoms with Crippen molar-refractivity contribution in [2.24, 2.45) is 0 Å². The van der Waals surface area contributed by atoms with Gasteiger partial charge in [0.1, 0.15) is 24.7 Å². The Morgan fingerprint density at radius 2 is 0.577 bits per heavy atom. The zero-order chi connectivity index (χ0) is 71.7. The molecule has 4 aliphatic rings. The highest BCUT2D eigenvalue weighted by atomic mass is 16.4. The molecule has 0 saturated heterocycles. The molecule has 0 radical (unpaired) electrons. The van der Waals surface area contributed by atoms with Crippen LogP contribution in [0.25, 0.3) is 88.3 Å². The zero-order valence-corrected chi connectivity index (χ0v) is 60.6. The second kappa shape index (κ2) is 25.3. The average Bonchev–Trinajstić information content (AvgIpc) is 1.59. The van der Waals surface area contributed by atoms with Gasteiger partial charge < -0.3 is 52.0 Å². The molecule has 4 aromatic carbocycles. The normalized spacial score (nSPS) is 16.8. The van der Waals surface area contributed by atoms with Crippen LogP contribution >= 0.6 is 0 Å². The van der Waals surface area contributed by atoms with Gasteiger partial charge in [0, 0.05) is 125 Å². The van der Waals surface area contributed by atoms with Crippen LogP contribution in [-0.2, 0) is 0 Å². The first-order valence-corrected chi connectivity index (χ1v) is 35.4.